The molecule has 0 fully saturated rings. The monoisotopic (exact) mass is 244 g/mol. The number of halogens is 1. The molecule has 0 saturated carbocycles. The maximum Gasteiger partial charge on any atom is 0.308 e. The van der Waals surface area contributed by atoms with Gasteiger partial charge in [0.15, 0.2) is 0 Å². The van der Waals surface area contributed by atoms with E-state index >= 15 is 0 Å². The van der Waals surface area contributed by atoms with E-state index in [9.17, 15) is 4.79 Å². The Kier molecular flexibility index (Phi) is 4.01. The number of ether oxygens (including phenoxy) is 2. The van der Waals surface area contributed by atoms with Crippen LogP contribution in [0.4, 0.5) is 0 Å². The molecule has 0 unspecified atom stereocenters. The minimum absolute atomic E-state index is 0.196. The van der Waals surface area contributed by atoms with Crippen LogP contribution in [-0.4, -0.2) is 25.3 Å². The number of carboxylic acid groups (broad SMARTS) is 1. The van der Waals surface area contributed by atoms with E-state index < -0.39 is 5.97 Å². The van der Waals surface area contributed by atoms with Crippen LogP contribution in [0.1, 0.15) is 11.1 Å². The fourth-order valence-electron chi connectivity index (χ4n) is 1.52. The van der Waals surface area contributed by atoms with Gasteiger partial charge in [0.05, 0.1) is 25.7 Å². The number of methoxy groups -OCH3 is 2. The molecule has 0 bridgehead atoms. The minimum atomic E-state index is -0.967. The molecule has 0 spiro atoms. The fraction of sp³-hybridized carbons (Fsp3) is 0.364. The maximum atomic E-state index is 10.7. The van der Waals surface area contributed by atoms with E-state index in [-0.39, 0.29) is 6.42 Å². The summed E-state index contributed by atoms with van der Waals surface area (Å²) in [7, 11) is 2.97. The SMILES string of the molecule is COc1cc(C)c(OC)c(Cl)c1CC(=O)O. The predicted molar refractivity (Wildman–Crippen MR) is 60.6 cm³/mol. The topological polar surface area (TPSA) is 55.8 Å². The molecule has 5 heteroatoms. The molecule has 4 nitrogen and oxygen atoms in total. The average Bonchev–Trinajstić information content (AvgIpc) is 2.22. The van der Waals surface area contributed by atoms with E-state index in [1.54, 1.807) is 6.07 Å². The third-order valence-corrected chi connectivity index (χ3v) is 2.62. The summed E-state index contributed by atoms with van der Waals surface area (Å²) in [6.45, 7) is 1.82. The molecule has 0 aliphatic rings. The molecule has 0 amide bonds. The zero-order chi connectivity index (χ0) is 12.3. The van der Waals surface area contributed by atoms with Crippen molar-refractivity contribution < 1.29 is 19.4 Å². The van der Waals surface area contributed by atoms with Crippen molar-refractivity contribution in [3.63, 3.8) is 0 Å². The Bertz CT molecular complexity index is 415. The fourth-order valence-corrected chi connectivity index (χ4v) is 1.90. The van der Waals surface area contributed by atoms with E-state index in [0.717, 1.165) is 5.56 Å². The zero-order valence-electron chi connectivity index (χ0n) is 9.33. The molecule has 1 aromatic carbocycles. The third-order valence-electron chi connectivity index (χ3n) is 2.22. The van der Waals surface area contributed by atoms with Crippen molar-refractivity contribution in [1.29, 1.82) is 0 Å². The number of aryl methyl sites for hydroxylation is 1. The molecule has 0 saturated heterocycles. The van der Waals surface area contributed by atoms with E-state index in [1.807, 2.05) is 6.92 Å². The zero-order valence-corrected chi connectivity index (χ0v) is 10.1. The van der Waals surface area contributed by atoms with Crippen LogP contribution in [0.5, 0.6) is 11.5 Å². The summed E-state index contributed by atoms with van der Waals surface area (Å²) in [6.07, 6.45) is -0.196. The largest absolute Gasteiger partial charge is 0.496 e. The molecule has 0 heterocycles. The lowest BCUT2D eigenvalue weighted by Crippen LogP contribution is -2.05. The molecule has 0 aliphatic heterocycles. The second-order valence-corrected chi connectivity index (χ2v) is 3.67. The quantitative estimate of drug-likeness (QED) is 0.883. The molecule has 0 aliphatic carbocycles. The first-order chi connectivity index (χ1) is 7.51. The summed E-state index contributed by atoms with van der Waals surface area (Å²) in [6, 6.07) is 1.71. The Hall–Kier alpha value is -1.42. The third kappa shape index (κ3) is 2.39. The van der Waals surface area contributed by atoms with Crippen molar-refractivity contribution in [1.82, 2.24) is 0 Å². The van der Waals surface area contributed by atoms with Crippen LogP contribution in [0.2, 0.25) is 5.02 Å². The van der Waals surface area contributed by atoms with Gasteiger partial charge in [0.25, 0.3) is 0 Å². The smallest absolute Gasteiger partial charge is 0.308 e. The lowest BCUT2D eigenvalue weighted by atomic mass is 10.1. The van der Waals surface area contributed by atoms with E-state index in [0.29, 0.717) is 22.1 Å². The van der Waals surface area contributed by atoms with Gasteiger partial charge in [0, 0.05) is 5.56 Å². The molecule has 88 valence electrons. The summed E-state index contributed by atoms with van der Waals surface area (Å²) >= 11 is 6.07. The van der Waals surface area contributed by atoms with Gasteiger partial charge in [-0.15, -0.1) is 0 Å². The normalized spacial score (nSPS) is 10.0. The Morgan fingerprint density at radius 1 is 1.44 bits per heavy atom. The average molecular weight is 245 g/mol. The van der Waals surface area contributed by atoms with E-state index in [1.165, 1.54) is 14.2 Å². The van der Waals surface area contributed by atoms with Gasteiger partial charge in [-0.1, -0.05) is 11.6 Å². The maximum absolute atomic E-state index is 10.7. The van der Waals surface area contributed by atoms with Gasteiger partial charge in [-0.3, -0.25) is 4.79 Å². The highest BCUT2D eigenvalue weighted by Gasteiger charge is 2.18. The summed E-state index contributed by atoms with van der Waals surface area (Å²) in [5, 5.41) is 9.08. The van der Waals surface area contributed by atoms with Crippen LogP contribution in [0, 0.1) is 6.92 Å². The molecular weight excluding hydrogens is 232 g/mol. The number of carboxylic acids is 1. The van der Waals surface area contributed by atoms with E-state index in [4.69, 9.17) is 26.2 Å². The highest BCUT2D eigenvalue weighted by Crippen LogP contribution is 2.38. The van der Waals surface area contributed by atoms with Crippen molar-refractivity contribution in [2.45, 2.75) is 13.3 Å². The van der Waals surface area contributed by atoms with Crippen molar-refractivity contribution in [2.75, 3.05) is 14.2 Å². The van der Waals surface area contributed by atoms with Gasteiger partial charge in [-0.2, -0.15) is 0 Å². The highest BCUT2D eigenvalue weighted by molar-refractivity contribution is 6.33. The number of benzene rings is 1. The predicted octanol–water partition coefficient (Wildman–Crippen LogP) is 2.29. The number of carbonyl (C=O) groups is 1. The first-order valence-electron chi connectivity index (χ1n) is 4.63. The van der Waals surface area contributed by atoms with Crippen LogP contribution < -0.4 is 9.47 Å². The number of aliphatic carboxylic acids is 1. The van der Waals surface area contributed by atoms with Crippen LogP contribution >= 0.6 is 11.6 Å². The summed E-state index contributed by atoms with van der Waals surface area (Å²) < 4.78 is 10.2. The van der Waals surface area contributed by atoms with Crippen LogP contribution in [-0.2, 0) is 11.2 Å². The summed E-state index contributed by atoms with van der Waals surface area (Å²) in [4.78, 5) is 10.7. The molecule has 0 aromatic heterocycles. The number of hydrogen-bond donors (Lipinski definition) is 1. The van der Waals surface area contributed by atoms with Gasteiger partial charge < -0.3 is 14.6 Å². The first-order valence-corrected chi connectivity index (χ1v) is 5.00. The number of hydrogen-bond acceptors (Lipinski definition) is 3. The Morgan fingerprint density at radius 2 is 2.06 bits per heavy atom. The minimum Gasteiger partial charge on any atom is -0.496 e. The molecule has 1 N–H and O–H groups in total. The summed E-state index contributed by atoms with van der Waals surface area (Å²) in [5.74, 6) is -0.0180. The van der Waals surface area contributed by atoms with Crippen molar-refractivity contribution in [3.8, 4) is 11.5 Å². The molecular formula is C11H13ClO4. The lowest BCUT2D eigenvalue weighted by Gasteiger charge is -2.14. The van der Waals surface area contributed by atoms with Crippen molar-refractivity contribution in [3.05, 3.63) is 22.2 Å². The second-order valence-electron chi connectivity index (χ2n) is 3.29. The second kappa shape index (κ2) is 5.07. The van der Waals surface area contributed by atoms with Crippen LogP contribution in [0.15, 0.2) is 6.07 Å². The summed E-state index contributed by atoms with van der Waals surface area (Å²) in [5.41, 5.74) is 1.23. The molecule has 1 aromatic rings. The van der Waals surface area contributed by atoms with Crippen LogP contribution in [0.25, 0.3) is 0 Å². The van der Waals surface area contributed by atoms with Gasteiger partial charge >= 0.3 is 5.97 Å². The Balaban J connectivity index is 3.37. The van der Waals surface area contributed by atoms with Gasteiger partial charge in [-0.25, -0.2) is 0 Å². The van der Waals surface area contributed by atoms with Gasteiger partial charge in [0.2, 0.25) is 0 Å². The molecule has 16 heavy (non-hydrogen) atoms. The van der Waals surface area contributed by atoms with Gasteiger partial charge in [-0.05, 0) is 18.6 Å². The lowest BCUT2D eigenvalue weighted by molar-refractivity contribution is -0.136. The molecule has 0 radical (unpaired) electrons. The van der Waals surface area contributed by atoms with Crippen LogP contribution in [0.3, 0.4) is 0 Å². The Labute approximate surface area is 98.7 Å². The molecule has 1 rings (SSSR count). The van der Waals surface area contributed by atoms with Gasteiger partial charge in [0.1, 0.15) is 11.5 Å². The van der Waals surface area contributed by atoms with E-state index in [2.05, 4.69) is 0 Å². The highest BCUT2D eigenvalue weighted by atomic mass is 35.5. The molecule has 0 atom stereocenters. The standard InChI is InChI=1S/C11H13ClO4/c1-6-4-8(15-2)7(5-9(13)14)10(12)11(6)16-3/h4H,5H2,1-3H3,(H,13,14). The Morgan fingerprint density at radius 3 is 2.50 bits per heavy atom. The van der Waals surface area contributed by atoms with Crippen molar-refractivity contribution >= 4 is 17.6 Å². The van der Waals surface area contributed by atoms with Crippen molar-refractivity contribution in [2.24, 2.45) is 0 Å². The first kappa shape index (κ1) is 12.6. The number of rotatable bonds is 4.